The molecular weight excluding hydrogens is 312 g/mol. The third kappa shape index (κ3) is 2.83. The number of rotatable bonds is 3. The van der Waals surface area contributed by atoms with Crippen molar-refractivity contribution in [2.45, 2.75) is 18.9 Å². The number of aromatic nitrogens is 3. The van der Waals surface area contributed by atoms with Crippen LogP contribution in [0.5, 0.6) is 0 Å². The average molecular weight is 328 g/mol. The maximum Gasteiger partial charge on any atom is 0.417 e. The molecular formula is C16H16N4O4. The van der Waals surface area contributed by atoms with E-state index in [9.17, 15) is 9.59 Å². The number of hydrogen-bond donors (Lipinski definition) is 2. The van der Waals surface area contributed by atoms with E-state index in [0.29, 0.717) is 22.5 Å². The van der Waals surface area contributed by atoms with Gasteiger partial charge in [-0.15, -0.1) is 0 Å². The lowest BCUT2D eigenvalue weighted by Crippen LogP contribution is -2.21. The smallest absolute Gasteiger partial charge is 0.408 e. The predicted octanol–water partition coefficient (Wildman–Crippen LogP) is 1.92. The van der Waals surface area contributed by atoms with Crippen LogP contribution in [0.2, 0.25) is 0 Å². The molecule has 1 amide bonds. The van der Waals surface area contributed by atoms with E-state index in [4.69, 9.17) is 9.15 Å². The number of H-pyrrole nitrogens is 1. The van der Waals surface area contributed by atoms with Gasteiger partial charge in [-0.2, -0.15) is 5.10 Å². The maximum atomic E-state index is 12.3. The first-order valence-electron chi connectivity index (χ1n) is 7.76. The summed E-state index contributed by atoms with van der Waals surface area (Å²) in [4.78, 5) is 26.1. The van der Waals surface area contributed by atoms with Gasteiger partial charge in [0.2, 0.25) is 0 Å². The molecule has 1 saturated heterocycles. The summed E-state index contributed by atoms with van der Waals surface area (Å²) in [7, 11) is 0. The number of benzene rings is 1. The fraction of sp³-hybridized carbons (Fsp3) is 0.312. The number of ether oxygens (including phenoxy) is 1. The first-order valence-corrected chi connectivity index (χ1v) is 7.76. The molecule has 1 aliphatic rings. The lowest BCUT2D eigenvalue weighted by molar-refractivity contribution is 0.0661. The second kappa shape index (κ2) is 5.97. The van der Waals surface area contributed by atoms with Gasteiger partial charge in [-0.25, -0.2) is 4.79 Å². The van der Waals surface area contributed by atoms with Crippen LogP contribution in [0.3, 0.4) is 0 Å². The van der Waals surface area contributed by atoms with Crippen molar-refractivity contribution < 1.29 is 13.9 Å². The summed E-state index contributed by atoms with van der Waals surface area (Å²) in [5, 5.41) is 7.14. The number of carbonyl (C=O) groups excluding carboxylic acids is 1. The Balaban J connectivity index is 1.50. The van der Waals surface area contributed by atoms with Gasteiger partial charge in [-0.3, -0.25) is 14.5 Å². The van der Waals surface area contributed by atoms with Gasteiger partial charge in [0.25, 0.3) is 5.91 Å². The minimum absolute atomic E-state index is 0.271. The Hall–Kier alpha value is -2.87. The van der Waals surface area contributed by atoms with Crippen molar-refractivity contribution in [3.05, 3.63) is 46.7 Å². The summed E-state index contributed by atoms with van der Waals surface area (Å²) in [5.41, 5.74) is 1.89. The molecule has 0 radical (unpaired) electrons. The topological polar surface area (TPSA) is 102 Å². The number of oxazole rings is 1. The van der Waals surface area contributed by atoms with Gasteiger partial charge >= 0.3 is 5.76 Å². The third-order valence-corrected chi connectivity index (χ3v) is 4.08. The second-order valence-electron chi connectivity index (χ2n) is 5.70. The second-order valence-corrected chi connectivity index (χ2v) is 5.70. The molecule has 4 rings (SSSR count). The number of aromatic amines is 1. The number of anilines is 1. The fourth-order valence-corrected chi connectivity index (χ4v) is 2.84. The van der Waals surface area contributed by atoms with Crippen molar-refractivity contribution in [2.24, 2.45) is 0 Å². The monoisotopic (exact) mass is 328 g/mol. The Bertz CT molecular complexity index is 933. The van der Waals surface area contributed by atoms with Crippen LogP contribution in [0, 0.1) is 0 Å². The number of fused-ring (bicyclic) bond motifs is 1. The first kappa shape index (κ1) is 14.7. The zero-order chi connectivity index (χ0) is 16.5. The van der Waals surface area contributed by atoms with Gasteiger partial charge in [0.15, 0.2) is 11.3 Å². The van der Waals surface area contributed by atoms with E-state index in [1.165, 1.54) is 0 Å². The van der Waals surface area contributed by atoms with Crippen LogP contribution in [-0.4, -0.2) is 33.9 Å². The van der Waals surface area contributed by atoms with Crippen LogP contribution in [0.25, 0.3) is 11.1 Å². The first-order chi connectivity index (χ1) is 11.7. The summed E-state index contributed by atoms with van der Waals surface area (Å²) in [6.45, 7) is 1.43. The Morgan fingerprint density at radius 2 is 2.12 bits per heavy atom. The SMILES string of the molecule is O=C(Nc1ccc2oc(=O)[nH]c2c1)c1ccn(C2CCOCC2)n1. The van der Waals surface area contributed by atoms with E-state index < -0.39 is 5.76 Å². The Morgan fingerprint density at radius 3 is 2.96 bits per heavy atom. The largest absolute Gasteiger partial charge is 0.417 e. The maximum absolute atomic E-state index is 12.3. The van der Waals surface area contributed by atoms with E-state index in [1.54, 1.807) is 24.3 Å². The molecule has 2 N–H and O–H groups in total. The average Bonchev–Trinajstić information content (AvgIpc) is 3.21. The van der Waals surface area contributed by atoms with Gasteiger partial charge in [-0.1, -0.05) is 0 Å². The summed E-state index contributed by atoms with van der Waals surface area (Å²) in [6, 6.07) is 6.92. The van der Waals surface area contributed by atoms with Gasteiger partial charge < -0.3 is 14.5 Å². The summed E-state index contributed by atoms with van der Waals surface area (Å²) < 4.78 is 12.1. The molecule has 0 unspecified atom stereocenters. The summed E-state index contributed by atoms with van der Waals surface area (Å²) in [6.07, 6.45) is 3.61. The van der Waals surface area contributed by atoms with Crippen LogP contribution in [-0.2, 0) is 4.74 Å². The van der Waals surface area contributed by atoms with E-state index in [0.717, 1.165) is 26.1 Å². The fourth-order valence-electron chi connectivity index (χ4n) is 2.84. The molecule has 1 fully saturated rings. The van der Waals surface area contributed by atoms with Crippen LogP contribution in [0.1, 0.15) is 29.4 Å². The normalized spacial score (nSPS) is 15.7. The molecule has 3 aromatic rings. The standard InChI is InChI=1S/C16H16N4O4/c21-15(12-3-6-20(19-12)11-4-7-23-8-5-11)17-10-1-2-14-13(9-10)18-16(22)24-14/h1-3,6,9,11H,4-5,7-8H2,(H,17,21)(H,18,22). The molecule has 124 valence electrons. The van der Waals surface area contributed by atoms with Gasteiger partial charge in [0.05, 0.1) is 11.6 Å². The highest BCUT2D eigenvalue weighted by Gasteiger charge is 2.18. The van der Waals surface area contributed by atoms with Gasteiger partial charge in [0, 0.05) is 25.1 Å². The zero-order valence-corrected chi connectivity index (χ0v) is 12.8. The van der Waals surface area contributed by atoms with E-state index in [2.05, 4.69) is 15.4 Å². The quantitative estimate of drug-likeness (QED) is 0.765. The van der Waals surface area contributed by atoms with Crippen molar-refractivity contribution in [1.82, 2.24) is 14.8 Å². The number of nitrogens with zero attached hydrogens (tertiary/aromatic N) is 2. The molecule has 1 aromatic carbocycles. The Labute approximate surface area is 136 Å². The van der Waals surface area contributed by atoms with Crippen molar-refractivity contribution in [3.63, 3.8) is 0 Å². The van der Waals surface area contributed by atoms with Gasteiger partial charge in [-0.05, 0) is 37.1 Å². The van der Waals surface area contributed by atoms with Crippen molar-refractivity contribution in [3.8, 4) is 0 Å². The zero-order valence-electron chi connectivity index (χ0n) is 12.8. The predicted molar refractivity (Wildman–Crippen MR) is 86.1 cm³/mol. The van der Waals surface area contributed by atoms with Crippen molar-refractivity contribution in [2.75, 3.05) is 18.5 Å². The molecule has 8 nitrogen and oxygen atoms in total. The number of hydrogen-bond acceptors (Lipinski definition) is 5. The Kier molecular flexibility index (Phi) is 3.66. The van der Waals surface area contributed by atoms with Crippen LogP contribution in [0.4, 0.5) is 5.69 Å². The van der Waals surface area contributed by atoms with Gasteiger partial charge in [0.1, 0.15) is 0 Å². The molecule has 8 heteroatoms. The van der Waals surface area contributed by atoms with E-state index in [1.807, 2.05) is 10.9 Å². The highest BCUT2D eigenvalue weighted by atomic mass is 16.5. The highest BCUT2D eigenvalue weighted by molar-refractivity contribution is 6.03. The van der Waals surface area contributed by atoms with Crippen LogP contribution < -0.4 is 11.1 Å². The number of nitrogens with one attached hydrogen (secondary N) is 2. The number of carbonyl (C=O) groups is 1. The van der Waals surface area contributed by atoms with E-state index >= 15 is 0 Å². The minimum atomic E-state index is -0.524. The molecule has 3 heterocycles. The summed E-state index contributed by atoms with van der Waals surface area (Å²) in [5.74, 6) is -0.824. The molecule has 24 heavy (non-hydrogen) atoms. The van der Waals surface area contributed by atoms with Crippen molar-refractivity contribution >= 4 is 22.7 Å². The minimum Gasteiger partial charge on any atom is -0.408 e. The lowest BCUT2D eigenvalue weighted by atomic mass is 10.1. The molecule has 0 atom stereocenters. The lowest BCUT2D eigenvalue weighted by Gasteiger charge is -2.22. The summed E-state index contributed by atoms with van der Waals surface area (Å²) >= 11 is 0. The van der Waals surface area contributed by atoms with Crippen LogP contribution in [0.15, 0.2) is 39.7 Å². The van der Waals surface area contributed by atoms with Crippen LogP contribution >= 0.6 is 0 Å². The third-order valence-electron chi connectivity index (χ3n) is 4.08. The molecule has 0 aliphatic carbocycles. The molecule has 0 bridgehead atoms. The molecule has 2 aromatic heterocycles. The van der Waals surface area contributed by atoms with E-state index in [-0.39, 0.29) is 11.9 Å². The number of amides is 1. The highest BCUT2D eigenvalue weighted by Crippen LogP contribution is 2.20. The Morgan fingerprint density at radius 1 is 1.29 bits per heavy atom. The molecule has 0 saturated carbocycles. The van der Waals surface area contributed by atoms with Crippen molar-refractivity contribution in [1.29, 1.82) is 0 Å². The molecule has 0 spiro atoms. The molecule has 1 aliphatic heterocycles.